The molecule has 0 aromatic heterocycles. The van der Waals surface area contributed by atoms with E-state index in [9.17, 15) is 0 Å². The fraction of sp³-hybridized carbons (Fsp3) is 1.00. The van der Waals surface area contributed by atoms with Gasteiger partial charge in [-0.2, -0.15) is 0 Å². The van der Waals surface area contributed by atoms with Gasteiger partial charge in [0.05, 0.1) is 0 Å². The van der Waals surface area contributed by atoms with E-state index in [1.807, 2.05) is 26.0 Å². The minimum atomic E-state index is 0. The minimum absolute atomic E-state index is 0. The quantitative estimate of drug-likeness (QED) is 0.743. The molecule has 2 nitrogen and oxygen atoms in total. The highest BCUT2D eigenvalue weighted by molar-refractivity contribution is 5.85. The lowest BCUT2D eigenvalue weighted by molar-refractivity contribution is 0.505. The largest absolute Gasteiger partial charge is 0.330 e. The number of rotatable bonds is 6. The van der Waals surface area contributed by atoms with Crippen LogP contribution in [0.4, 0.5) is 0 Å². The first-order valence-corrected chi connectivity index (χ1v) is 5.46. The van der Waals surface area contributed by atoms with Gasteiger partial charge in [0.15, 0.2) is 0 Å². The maximum absolute atomic E-state index is 5.34. The second-order valence-electron chi connectivity index (χ2n) is 3.90. The molecule has 0 saturated carbocycles. The van der Waals surface area contributed by atoms with Gasteiger partial charge in [0.2, 0.25) is 0 Å². The Labute approximate surface area is 109 Å². The van der Waals surface area contributed by atoms with E-state index in [1.165, 1.54) is 38.5 Å². The van der Waals surface area contributed by atoms with Crippen LogP contribution in [0.3, 0.4) is 0 Å². The van der Waals surface area contributed by atoms with Gasteiger partial charge in [0.1, 0.15) is 0 Å². The summed E-state index contributed by atoms with van der Waals surface area (Å²) in [4.78, 5) is 2.00. The molecule has 0 amide bonds. The van der Waals surface area contributed by atoms with E-state index in [0.29, 0.717) is 0 Å². The summed E-state index contributed by atoms with van der Waals surface area (Å²) in [5.41, 5.74) is 5.34. The molecule has 0 heterocycles. The molecule has 0 fully saturated rings. The van der Waals surface area contributed by atoms with Gasteiger partial charge < -0.3 is 10.6 Å². The molecule has 0 atom stereocenters. The van der Waals surface area contributed by atoms with E-state index in [-0.39, 0.29) is 24.8 Å². The molecular formula is C11H30Cl2N2. The average Bonchev–Trinajstić information content (AvgIpc) is 2.03. The van der Waals surface area contributed by atoms with Gasteiger partial charge in [0, 0.05) is 0 Å². The van der Waals surface area contributed by atoms with Crippen molar-refractivity contribution in [2.75, 3.05) is 27.7 Å². The molecule has 0 rings (SSSR count). The second-order valence-corrected chi connectivity index (χ2v) is 3.90. The third-order valence-corrected chi connectivity index (χ3v) is 1.56. The first kappa shape index (κ1) is 24.6. The molecule has 0 radical (unpaired) electrons. The molecule has 0 unspecified atom stereocenters. The highest BCUT2D eigenvalue weighted by Crippen LogP contribution is 2.03. The summed E-state index contributed by atoms with van der Waals surface area (Å²) >= 11 is 0. The SMILES string of the molecule is CCCCCCCCN.CN(C)C.Cl.Cl. The van der Waals surface area contributed by atoms with E-state index in [4.69, 9.17) is 5.73 Å². The van der Waals surface area contributed by atoms with Gasteiger partial charge in [-0.25, -0.2) is 0 Å². The van der Waals surface area contributed by atoms with Crippen molar-refractivity contribution in [2.45, 2.75) is 45.4 Å². The molecule has 0 spiro atoms. The summed E-state index contributed by atoms with van der Waals surface area (Å²) < 4.78 is 0. The van der Waals surface area contributed by atoms with E-state index < -0.39 is 0 Å². The van der Waals surface area contributed by atoms with Gasteiger partial charge >= 0.3 is 0 Å². The molecule has 2 N–H and O–H groups in total. The number of halogens is 2. The van der Waals surface area contributed by atoms with Crippen LogP contribution in [0.2, 0.25) is 0 Å². The number of nitrogens with two attached hydrogens (primary N) is 1. The molecule has 0 aromatic carbocycles. The van der Waals surface area contributed by atoms with Crippen LogP contribution in [0.15, 0.2) is 0 Å². The Kier molecular flexibility index (Phi) is 39.4. The smallest absolute Gasteiger partial charge is 0.00773 e. The number of hydrogen-bond acceptors (Lipinski definition) is 2. The van der Waals surface area contributed by atoms with Crippen molar-refractivity contribution in [2.24, 2.45) is 5.73 Å². The Balaban J connectivity index is -0.0000000883. The Morgan fingerprint density at radius 1 is 0.800 bits per heavy atom. The lowest BCUT2D eigenvalue weighted by Crippen LogP contribution is -1.99. The average molecular weight is 261 g/mol. The van der Waals surface area contributed by atoms with Gasteiger partial charge in [-0.15, -0.1) is 24.8 Å². The Bertz CT molecular complexity index is 72.2. The molecule has 0 aliphatic carbocycles. The fourth-order valence-corrected chi connectivity index (χ4v) is 0.925. The second kappa shape index (κ2) is 24.0. The zero-order valence-corrected chi connectivity index (χ0v) is 12.4. The normalized spacial score (nSPS) is 8.40. The van der Waals surface area contributed by atoms with E-state index in [2.05, 4.69) is 6.92 Å². The van der Waals surface area contributed by atoms with E-state index in [0.717, 1.165) is 6.54 Å². The molecule has 0 aliphatic heterocycles. The molecule has 0 bridgehead atoms. The van der Waals surface area contributed by atoms with Crippen molar-refractivity contribution in [3.63, 3.8) is 0 Å². The lowest BCUT2D eigenvalue weighted by atomic mass is 10.1. The highest BCUT2D eigenvalue weighted by Gasteiger charge is 1.85. The Morgan fingerprint density at radius 3 is 1.47 bits per heavy atom. The van der Waals surface area contributed by atoms with E-state index in [1.54, 1.807) is 0 Å². The molecule has 15 heavy (non-hydrogen) atoms. The molecule has 98 valence electrons. The lowest BCUT2D eigenvalue weighted by Gasteiger charge is -1.96. The highest BCUT2D eigenvalue weighted by atomic mass is 35.5. The standard InChI is InChI=1S/C8H19N.C3H9N.2ClH/c1-2-3-4-5-6-7-8-9;1-4(2)3;;/h2-9H2,1H3;1-3H3;2*1H. The van der Waals surface area contributed by atoms with Gasteiger partial charge in [0.25, 0.3) is 0 Å². The maximum atomic E-state index is 5.34. The third-order valence-electron chi connectivity index (χ3n) is 1.56. The van der Waals surface area contributed by atoms with Crippen LogP contribution in [0, 0.1) is 0 Å². The molecule has 0 aromatic rings. The van der Waals surface area contributed by atoms with Crippen molar-refractivity contribution in [1.29, 1.82) is 0 Å². The number of nitrogens with zero attached hydrogens (tertiary/aromatic N) is 1. The molecule has 0 saturated heterocycles. The summed E-state index contributed by atoms with van der Waals surface area (Å²) in [5.74, 6) is 0. The van der Waals surface area contributed by atoms with Crippen molar-refractivity contribution in [1.82, 2.24) is 4.90 Å². The topological polar surface area (TPSA) is 29.3 Å². The minimum Gasteiger partial charge on any atom is -0.330 e. The van der Waals surface area contributed by atoms with E-state index >= 15 is 0 Å². The summed E-state index contributed by atoms with van der Waals surface area (Å²) in [6.45, 7) is 3.11. The fourth-order valence-electron chi connectivity index (χ4n) is 0.925. The van der Waals surface area contributed by atoms with Crippen LogP contribution in [-0.4, -0.2) is 32.6 Å². The predicted octanol–water partition coefficient (Wildman–Crippen LogP) is 3.33. The van der Waals surface area contributed by atoms with Crippen LogP contribution in [0.25, 0.3) is 0 Å². The molecule has 0 aliphatic rings. The van der Waals surface area contributed by atoms with Crippen molar-refractivity contribution >= 4 is 24.8 Å². The summed E-state index contributed by atoms with van der Waals surface area (Å²) in [6, 6.07) is 0. The number of unbranched alkanes of at least 4 members (excludes halogenated alkanes) is 5. The van der Waals surface area contributed by atoms with Crippen molar-refractivity contribution < 1.29 is 0 Å². The first-order chi connectivity index (χ1) is 6.15. The maximum Gasteiger partial charge on any atom is -0.00773 e. The summed E-state index contributed by atoms with van der Waals surface area (Å²) in [6.07, 6.45) is 8.05. The number of hydrogen-bond donors (Lipinski definition) is 1. The Morgan fingerprint density at radius 2 is 1.13 bits per heavy atom. The first-order valence-electron chi connectivity index (χ1n) is 5.46. The zero-order valence-electron chi connectivity index (χ0n) is 10.8. The van der Waals surface area contributed by atoms with Crippen molar-refractivity contribution in [3.8, 4) is 0 Å². The third kappa shape index (κ3) is 53.6. The summed E-state index contributed by atoms with van der Waals surface area (Å²) in [7, 11) is 6.00. The van der Waals surface area contributed by atoms with Crippen LogP contribution >= 0.6 is 24.8 Å². The monoisotopic (exact) mass is 260 g/mol. The van der Waals surface area contributed by atoms with Crippen LogP contribution in [-0.2, 0) is 0 Å². The van der Waals surface area contributed by atoms with Gasteiger partial charge in [-0.1, -0.05) is 39.0 Å². The summed E-state index contributed by atoms with van der Waals surface area (Å²) in [5, 5.41) is 0. The van der Waals surface area contributed by atoms with Crippen LogP contribution in [0.1, 0.15) is 45.4 Å². The van der Waals surface area contributed by atoms with Gasteiger partial charge in [-0.05, 0) is 34.1 Å². The van der Waals surface area contributed by atoms with Crippen LogP contribution in [0.5, 0.6) is 0 Å². The van der Waals surface area contributed by atoms with Gasteiger partial charge in [-0.3, -0.25) is 0 Å². The predicted molar refractivity (Wildman–Crippen MR) is 76.5 cm³/mol. The molecular weight excluding hydrogens is 231 g/mol. The zero-order chi connectivity index (χ0) is 10.5. The van der Waals surface area contributed by atoms with Crippen LogP contribution < -0.4 is 5.73 Å². The van der Waals surface area contributed by atoms with Crippen molar-refractivity contribution in [3.05, 3.63) is 0 Å². The Hall–Kier alpha value is 0.500. The molecule has 4 heteroatoms.